The van der Waals surface area contributed by atoms with Crippen molar-refractivity contribution in [2.24, 2.45) is 5.73 Å². The van der Waals surface area contributed by atoms with E-state index < -0.39 is 15.8 Å². The van der Waals surface area contributed by atoms with Crippen molar-refractivity contribution in [2.45, 2.75) is 11.4 Å². The van der Waals surface area contributed by atoms with Crippen LogP contribution in [0, 0.1) is 17.7 Å². The van der Waals surface area contributed by atoms with Crippen molar-refractivity contribution in [3.8, 4) is 11.8 Å². The first kappa shape index (κ1) is 15.7. The van der Waals surface area contributed by atoms with Crippen LogP contribution < -0.4 is 10.5 Å². The second-order valence-electron chi connectivity index (χ2n) is 4.10. The van der Waals surface area contributed by atoms with Crippen molar-refractivity contribution in [1.29, 1.82) is 0 Å². The van der Waals surface area contributed by atoms with Crippen molar-refractivity contribution in [3.63, 3.8) is 0 Å². The molecule has 0 aliphatic rings. The largest absolute Gasteiger partial charge is 0.320 e. The number of nitrogens with one attached hydrogen (secondary N) is 1. The molecule has 0 fully saturated rings. The highest BCUT2D eigenvalue weighted by Gasteiger charge is 2.15. The van der Waals surface area contributed by atoms with Crippen LogP contribution in [0.15, 0.2) is 39.9 Å². The highest BCUT2D eigenvalue weighted by atomic mass is 32.2. The van der Waals surface area contributed by atoms with Crippen molar-refractivity contribution < 1.29 is 12.8 Å². The monoisotopic (exact) mass is 324 g/mol. The molecule has 0 spiro atoms. The molecule has 4 nitrogen and oxygen atoms in total. The minimum Gasteiger partial charge on any atom is -0.320 e. The van der Waals surface area contributed by atoms with Crippen LogP contribution in [0.25, 0.3) is 0 Å². The van der Waals surface area contributed by atoms with E-state index in [0.717, 1.165) is 11.6 Å². The quantitative estimate of drug-likeness (QED) is 0.841. The maximum absolute atomic E-state index is 13.8. The molecule has 21 heavy (non-hydrogen) atoms. The van der Waals surface area contributed by atoms with E-state index in [0.29, 0.717) is 0 Å². The van der Waals surface area contributed by atoms with Gasteiger partial charge in [-0.3, -0.25) is 0 Å². The number of rotatable bonds is 4. The fourth-order valence-corrected chi connectivity index (χ4v) is 3.26. The van der Waals surface area contributed by atoms with E-state index in [9.17, 15) is 12.8 Å². The Morgan fingerprint density at radius 2 is 2.14 bits per heavy atom. The standard InChI is InChI=1S/C14H13FN2O2S2/c15-14-8-13(4-3-12(14)2-1-6-16)21(18,19)17-9-11-5-7-20-10-11/h3-5,7-8,10,17H,6,9,16H2. The second-order valence-corrected chi connectivity index (χ2v) is 6.65. The van der Waals surface area contributed by atoms with Crippen molar-refractivity contribution in [1.82, 2.24) is 4.72 Å². The molecule has 0 unspecified atom stereocenters. The molecule has 7 heteroatoms. The molecule has 0 aliphatic heterocycles. The summed E-state index contributed by atoms with van der Waals surface area (Å²) in [5, 5.41) is 3.70. The Bertz CT molecular complexity index is 775. The molecule has 0 saturated carbocycles. The smallest absolute Gasteiger partial charge is 0.240 e. The Labute approximate surface area is 126 Å². The predicted octanol–water partition coefficient (Wildman–Crippen LogP) is 1.68. The van der Waals surface area contributed by atoms with Crippen LogP contribution >= 0.6 is 11.3 Å². The van der Waals surface area contributed by atoms with Gasteiger partial charge in [0, 0.05) is 6.54 Å². The van der Waals surface area contributed by atoms with Crippen molar-refractivity contribution >= 4 is 21.4 Å². The number of benzene rings is 1. The van der Waals surface area contributed by atoms with Gasteiger partial charge in [-0.25, -0.2) is 17.5 Å². The summed E-state index contributed by atoms with van der Waals surface area (Å²) in [4.78, 5) is -0.131. The Kier molecular flexibility index (Phi) is 5.09. The van der Waals surface area contributed by atoms with Crippen LogP contribution in [-0.4, -0.2) is 15.0 Å². The zero-order valence-corrected chi connectivity index (χ0v) is 12.6. The lowest BCUT2D eigenvalue weighted by Crippen LogP contribution is -2.23. The van der Waals surface area contributed by atoms with Crippen LogP contribution in [0.3, 0.4) is 0 Å². The minimum absolute atomic E-state index is 0.113. The van der Waals surface area contributed by atoms with Crippen molar-refractivity contribution in [2.75, 3.05) is 6.54 Å². The van der Waals surface area contributed by atoms with Crippen LogP contribution in [-0.2, 0) is 16.6 Å². The van der Waals surface area contributed by atoms with Gasteiger partial charge in [-0.1, -0.05) is 11.8 Å². The number of hydrogen-bond donors (Lipinski definition) is 2. The predicted molar refractivity (Wildman–Crippen MR) is 80.7 cm³/mol. The normalized spacial score (nSPS) is 11.0. The van der Waals surface area contributed by atoms with Gasteiger partial charge in [-0.2, -0.15) is 11.3 Å². The summed E-state index contributed by atoms with van der Waals surface area (Å²) >= 11 is 1.48. The van der Waals surface area contributed by atoms with E-state index in [1.54, 1.807) is 0 Å². The maximum Gasteiger partial charge on any atom is 0.240 e. The van der Waals surface area contributed by atoms with E-state index in [1.165, 1.54) is 23.5 Å². The Morgan fingerprint density at radius 1 is 1.33 bits per heavy atom. The van der Waals surface area contributed by atoms with E-state index in [1.807, 2.05) is 16.8 Å². The molecule has 110 valence electrons. The molecule has 0 bridgehead atoms. The van der Waals surface area contributed by atoms with E-state index in [-0.39, 0.29) is 23.5 Å². The first-order chi connectivity index (χ1) is 10.0. The summed E-state index contributed by atoms with van der Waals surface area (Å²) < 4.78 is 40.4. The summed E-state index contributed by atoms with van der Waals surface area (Å²) in [6.45, 7) is 0.282. The summed E-state index contributed by atoms with van der Waals surface area (Å²) in [5.41, 5.74) is 6.19. The van der Waals surface area contributed by atoms with Crippen LogP contribution in [0.1, 0.15) is 11.1 Å². The van der Waals surface area contributed by atoms with Gasteiger partial charge in [0.05, 0.1) is 17.0 Å². The van der Waals surface area contributed by atoms with Gasteiger partial charge in [-0.15, -0.1) is 0 Å². The SMILES string of the molecule is NCC#Cc1ccc(S(=O)(=O)NCc2ccsc2)cc1F. The zero-order valence-electron chi connectivity index (χ0n) is 11.0. The Hall–Kier alpha value is -1.72. The molecule has 0 aliphatic carbocycles. The third-order valence-corrected chi connectivity index (χ3v) is 4.75. The lowest BCUT2D eigenvalue weighted by molar-refractivity contribution is 0.577. The maximum atomic E-state index is 13.8. The van der Waals surface area contributed by atoms with Crippen LogP contribution in [0.4, 0.5) is 4.39 Å². The molecule has 1 heterocycles. The average Bonchev–Trinajstić information content (AvgIpc) is 2.97. The van der Waals surface area contributed by atoms with Gasteiger partial charge >= 0.3 is 0 Å². The highest BCUT2D eigenvalue weighted by Crippen LogP contribution is 2.15. The molecule has 0 atom stereocenters. The average molecular weight is 324 g/mol. The molecule has 2 rings (SSSR count). The van der Waals surface area contributed by atoms with E-state index >= 15 is 0 Å². The molecule has 1 aromatic carbocycles. The Morgan fingerprint density at radius 3 is 2.76 bits per heavy atom. The fourth-order valence-electron chi connectivity index (χ4n) is 1.57. The number of sulfonamides is 1. The number of nitrogens with two attached hydrogens (primary N) is 1. The number of hydrogen-bond acceptors (Lipinski definition) is 4. The van der Waals surface area contributed by atoms with E-state index in [2.05, 4.69) is 16.6 Å². The lowest BCUT2D eigenvalue weighted by atomic mass is 10.2. The second kappa shape index (κ2) is 6.83. The van der Waals surface area contributed by atoms with E-state index in [4.69, 9.17) is 5.73 Å². The van der Waals surface area contributed by atoms with Gasteiger partial charge in [0.2, 0.25) is 10.0 Å². The first-order valence-corrected chi connectivity index (χ1v) is 8.45. The minimum atomic E-state index is -3.75. The van der Waals surface area contributed by atoms with Crippen LogP contribution in [0.5, 0.6) is 0 Å². The molecule has 0 amide bonds. The molecule has 3 N–H and O–H groups in total. The van der Waals surface area contributed by atoms with Crippen molar-refractivity contribution in [3.05, 3.63) is 52.0 Å². The zero-order chi connectivity index (χ0) is 15.3. The first-order valence-electron chi connectivity index (χ1n) is 6.02. The van der Waals surface area contributed by atoms with Gasteiger partial charge in [0.25, 0.3) is 0 Å². The highest BCUT2D eigenvalue weighted by molar-refractivity contribution is 7.89. The van der Waals surface area contributed by atoms with Gasteiger partial charge in [0.1, 0.15) is 5.82 Å². The summed E-state index contributed by atoms with van der Waals surface area (Å²) in [6.07, 6.45) is 0. The number of thiophene rings is 1. The third kappa shape index (κ3) is 4.12. The van der Waals surface area contributed by atoms with Gasteiger partial charge in [-0.05, 0) is 40.6 Å². The van der Waals surface area contributed by atoms with Crippen LogP contribution in [0.2, 0.25) is 0 Å². The molecular weight excluding hydrogens is 311 g/mol. The lowest BCUT2D eigenvalue weighted by Gasteiger charge is -2.06. The Balaban J connectivity index is 2.18. The molecule has 0 radical (unpaired) electrons. The van der Waals surface area contributed by atoms with Gasteiger partial charge in [0.15, 0.2) is 0 Å². The summed E-state index contributed by atoms with van der Waals surface area (Å²) in [5.74, 6) is 4.38. The summed E-state index contributed by atoms with van der Waals surface area (Å²) in [7, 11) is -3.75. The molecule has 0 saturated heterocycles. The molecule has 1 aromatic heterocycles. The topological polar surface area (TPSA) is 72.2 Å². The number of halogens is 1. The molecular formula is C14H13FN2O2S2. The van der Waals surface area contributed by atoms with Gasteiger partial charge < -0.3 is 5.73 Å². The fraction of sp³-hybridized carbons (Fsp3) is 0.143. The summed E-state index contributed by atoms with van der Waals surface area (Å²) in [6, 6.07) is 5.42. The third-order valence-electron chi connectivity index (χ3n) is 2.62. The molecule has 2 aromatic rings.